The highest BCUT2D eigenvalue weighted by Gasteiger charge is 2.29. The highest BCUT2D eigenvalue weighted by Crippen LogP contribution is 2.32. The summed E-state index contributed by atoms with van der Waals surface area (Å²) in [5.41, 5.74) is 0.973. The van der Waals surface area contributed by atoms with Gasteiger partial charge in [-0.3, -0.25) is 9.59 Å². The Hall–Kier alpha value is -3.07. The van der Waals surface area contributed by atoms with Gasteiger partial charge in [-0.15, -0.1) is 0 Å². The smallest absolute Gasteiger partial charge is 0.262 e. The fourth-order valence-electron chi connectivity index (χ4n) is 3.20. The Labute approximate surface area is 175 Å². The van der Waals surface area contributed by atoms with Crippen molar-refractivity contribution in [2.24, 2.45) is 0 Å². The summed E-state index contributed by atoms with van der Waals surface area (Å²) in [7, 11) is -2.24. The number of amides is 2. The van der Waals surface area contributed by atoms with E-state index in [2.05, 4.69) is 5.32 Å². The fraction of sp³-hybridized carbons (Fsp3) is 0.333. The molecule has 0 spiro atoms. The third kappa shape index (κ3) is 4.40. The van der Waals surface area contributed by atoms with Gasteiger partial charge in [-0.25, -0.2) is 8.42 Å². The zero-order valence-electron chi connectivity index (χ0n) is 17.0. The molecule has 0 aliphatic carbocycles. The van der Waals surface area contributed by atoms with E-state index in [9.17, 15) is 18.0 Å². The summed E-state index contributed by atoms with van der Waals surface area (Å²) in [5.74, 6) is 0.433. The van der Waals surface area contributed by atoms with E-state index in [0.29, 0.717) is 29.4 Å². The maximum atomic E-state index is 13.0. The van der Waals surface area contributed by atoms with Crippen molar-refractivity contribution >= 4 is 33.0 Å². The molecule has 0 bridgehead atoms. The minimum Gasteiger partial charge on any atom is -0.497 e. The number of rotatable bonds is 7. The van der Waals surface area contributed by atoms with Crippen molar-refractivity contribution in [1.82, 2.24) is 0 Å². The lowest BCUT2D eigenvalue weighted by atomic mass is 10.2. The van der Waals surface area contributed by atoms with E-state index in [1.54, 1.807) is 31.4 Å². The molecule has 8 nitrogen and oxygen atoms in total. The van der Waals surface area contributed by atoms with Crippen molar-refractivity contribution in [3.05, 3.63) is 42.5 Å². The summed E-state index contributed by atoms with van der Waals surface area (Å²) in [6.07, 6.45) is -0.178. The summed E-state index contributed by atoms with van der Waals surface area (Å²) in [6, 6.07) is 11.3. The number of ether oxygens (including phenoxy) is 2. The van der Waals surface area contributed by atoms with E-state index < -0.39 is 15.1 Å². The molecule has 0 saturated heterocycles. The molecule has 0 aromatic heterocycles. The van der Waals surface area contributed by atoms with E-state index in [4.69, 9.17) is 9.47 Å². The van der Waals surface area contributed by atoms with Crippen LogP contribution in [-0.2, 0) is 19.4 Å². The Bertz CT molecular complexity index is 1050. The van der Waals surface area contributed by atoms with Crippen LogP contribution < -0.4 is 19.7 Å². The van der Waals surface area contributed by atoms with Crippen molar-refractivity contribution in [2.75, 3.05) is 30.5 Å². The molecular weight excluding hydrogens is 408 g/mol. The topological polar surface area (TPSA) is 102 Å². The highest BCUT2D eigenvalue weighted by atomic mass is 32.2. The molecule has 1 N–H and O–H groups in total. The van der Waals surface area contributed by atoms with Gasteiger partial charge in [0.2, 0.25) is 5.91 Å². The van der Waals surface area contributed by atoms with Gasteiger partial charge in [0, 0.05) is 18.7 Å². The number of fused-ring (bicyclic) bond motifs is 1. The van der Waals surface area contributed by atoms with Crippen LogP contribution in [-0.4, -0.2) is 45.7 Å². The van der Waals surface area contributed by atoms with Crippen LogP contribution in [0.2, 0.25) is 0 Å². The first-order chi connectivity index (χ1) is 14.3. The summed E-state index contributed by atoms with van der Waals surface area (Å²) in [6.45, 7) is 3.62. The van der Waals surface area contributed by atoms with Gasteiger partial charge in [-0.2, -0.15) is 0 Å². The van der Waals surface area contributed by atoms with Crippen LogP contribution in [0.3, 0.4) is 0 Å². The number of nitrogens with zero attached hydrogens (tertiary/aromatic N) is 1. The number of carbonyl (C=O) groups is 2. The molecule has 1 aliphatic heterocycles. The Morgan fingerprint density at radius 3 is 2.57 bits per heavy atom. The molecular formula is C21H24N2O6S. The van der Waals surface area contributed by atoms with Crippen LogP contribution >= 0.6 is 0 Å². The average Bonchev–Trinajstić information content (AvgIpc) is 2.74. The molecule has 1 atom stereocenters. The molecule has 1 unspecified atom stereocenters. The average molecular weight is 432 g/mol. The van der Waals surface area contributed by atoms with Crippen molar-refractivity contribution in [3.8, 4) is 11.5 Å². The predicted molar refractivity (Wildman–Crippen MR) is 113 cm³/mol. The number of hydrogen-bond donors (Lipinski definition) is 1. The van der Waals surface area contributed by atoms with E-state index >= 15 is 0 Å². The number of carbonyl (C=O) groups excluding carboxylic acids is 2. The van der Waals surface area contributed by atoms with Gasteiger partial charge >= 0.3 is 0 Å². The van der Waals surface area contributed by atoms with Crippen LogP contribution in [0.5, 0.6) is 11.5 Å². The van der Waals surface area contributed by atoms with E-state index in [1.807, 2.05) is 6.92 Å². The third-order valence-corrected chi connectivity index (χ3v) is 7.04. The maximum absolute atomic E-state index is 13.0. The van der Waals surface area contributed by atoms with E-state index in [1.165, 1.54) is 30.0 Å². The molecule has 3 rings (SSSR count). The summed E-state index contributed by atoms with van der Waals surface area (Å²) < 4.78 is 36.4. The molecule has 0 saturated carbocycles. The van der Waals surface area contributed by atoms with Crippen LogP contribution in [0.4, 0.5) is 11.4 Å². The quantitative estimate of drug-likeness (QED) is 0.722. The number of nitrogens with one attached hydrogen (secondary N) is 1. The van der Waals surface area contributed by atoms with Gasteiger partial charge in [0.25, 0.3) is 5.91 Å². The standard InChI is InChI=1S/C21H24N2O6S/c1-4-23(15-5-7-16(28-3)8-6-15)21(25)11-14(2)30(26,27)17-9-10-19-18(12-17)22-20(24)13-29-19/h5-10,12,14H,4,11,13H2,1-3H3,(H,22,24). The minimum atomic E-state index is -3.79. The van der Waals surface area contributed by atoms with Crippen molar-refractivity contribution < 1.29 is 27.5 Å². The fourth-order valence-corrected chi connectivity index (χ4v) is 4.57. The van der Waals surface area contributed by atoms with Gasteiger partial charge < -0.3 is 19.7 Å². The first kappa shape index (κ1) is 21.6. The van der Waals surface area contributed by atoms with Crippen molar-refractivity contribution in [3.63, 3.8) is 0 Å². The SMILES string of the molecule is CCN(C(=O)CC(C)S(=O)(=O)c1ccc2c(c1)NC(=O)CO2)c1ccc(OC)cc1. The van der Waals surface area contributed by atoms with Gasteiger partial charge in [0.1, 0.15) is 11.5 Å². The second-order valence-electron chi connectivity index (χ2n) is 6.89. The molecule has 1 aliphatic rings. The maximum Gasteiger partial charge on any atom is 0.262 e. The molecule has 0 fully saturated rings. The van der Waals surface area contributed by atoms with Gasteiger partial charge in [-0.1, -0.05) is 0 Å². The zero-order chi connectivity index (χ0) is 21.9. The number of hydrogen-bond acceptors (Lipinski definition) is 6. The first-order valence-corrected chi connectivity index (χ1v) is 11.1. The first-order valence-electron chi connectivity index (χ1n) is 9.51. The van der Waals surface area contributed by atoms with Gasteiger partial charge in [0.05, 0.1) is 22.9 Å². The number of anilines is 2. The molecule has 2 aromatic rings. The van der Waals surface area contributed by atoms with Gasteiger partial charge in [0.15, 0.2) is 16.4 Å². The largest absolute Gasteiger partial charge is 0.497 e. The number of sulfone groups is 1. The lowest BCUT2D eigenvalue weighted by Gasteiger charge is -2.23. The predicted octanol–water partition coefficient (Wildman–Crippen LogP) is 2.63. The van der Waals surface area contributed by atoms with E-state index in [-0.39, 0.29) is 29.7 Å². The zero-order valence-corrected chi connectivity index (χ0v) is 17.9. The van der Waals surface area contributed by atoms with E-state index in [0.717, 1.165) is 0 Å². The minimum absolute atomic E-state index is 0.0276. The van der Waals surface area contributed by atoms with Crippen LogP contribution in [0.1, 0.15) is 20.3 Å². The second kappa shape index (κ2) is 8.74. The third-order valence-electron chi connectivity index (χ3n) is 4.91. The van der Waals surface area contributed by atoms with Crippen LogP contribution in [0, 0.1) is 0 Å². The number of benzene rings is 2. The molecule has 2 aromatic carbocycles. The number of methoxy groups -OCH3 is 1. The van der Waals surface area contributed by atoms with Crippen LogP contribution in [0.25, 0.3) is 0 Å². The molecule has 1 heterocycles. The normalized spacial score (nSPS) is 14.2. The van der Waals surface area contributed by atoms with Gasteiger partial charge in [-0.05, 0) is 56.3 Å². The summed E-state index contributed by atoms with van der Waals surface area (Å²) >= 11 is 0. The Morgan fingerprint density at radius 2 is 1.93 bits per heavy atom. The molecule has 0 radical (unpaired) electrons. The Kier molecular flexibility index (Phi) is 6.31. The van der Waals surface area contributed by atoms with Crippen LogP contribution in [0.15, 0.2) is 47.4 Å². The molecule has 9 heteroatoms. The monoisotopic (exact) mass is 432 g/mol. The highest BCUT2D eigenvalue weighted by molar-refractivity contribution is 7.92. The Morgan fingerprint density at radius 1 is 1.23 bits per heavy atom. The molecule has 2 amide bonds. The lowest BCUT2D eigenvalue weighted by molar-refractivity contribution is -0.119. The Balaban J connectivity index is 1.77. The molecule has 30 heavy (non-hydrogen) atoms. The second-order valence-corrected chi connectivity index (χ2v) is 9.26. The van der Waals surface area contributed by atoms with Crippen molar-refractivity contribution in [2.45, 2.75) is 30.4 Å². The summed E-state index contributed by atoms with van der Waals surface area (Å²) in [4.78, 5) is 25.9. The van der Waals surface area contributed by atoms with Crippen molar-refractivity contribution in [1.29, 1.82) is 0 Å². The summed E-state index contributed by atoms with van der Waals surface area (Å²) in [5, 5.41) is 1.65. The molecule has 160 valence electrons. The lowest BCUT2D eigenvalue weighted by Crippen LogP contribution is -2.34.